The first-order valence-electron chi connectivity index (χ1n) is 8.35. The Hall–Kier alpha value is -2.16. The van der Waals surface area contributed by atoms with Crippen LogP contribution in [-0.4, -0.2) is 11.8 Å². The molecule has 1 aliphatic rings. The Balaban J connectivity index is 1.83. The topological polar surface area (TPSA) is 29.1 Å². The highest BCUT2D eigenvalue weighted by Crippen LogP contribution is 2.30. The highest BCUT2D eigenvalue weighted by atomic mass is 19.1. The minimum absolute atomic E-state index is 0.127. The van der Waals surface area contributed by atoms with Gasteiger partial charge in [0, 0.05) is 11.3 Å². The number of anilines is 1. The van der Waals surface area contributed by atoms with Gasteiger partial charge in [0.05, 0.1) is 6.04 Å². The lowest BCUT2D eigenvalue weighted by molar-refractivity contribution is 0.0929. The Kier molecular flexibility index (Phi) is 5.06. The van der Waals surface area contributed by atoms with Gasteiger partial charge in [-0.3, -0.25) is 4.79 Å². The van der Waals surface area contributed by atoms with Gasteiger partial charge in [0.1, 0.15) is 5.82 Å². The van der Waals surface area contributed by atoms with Crippen LogP contribution >= 0.6 is 0 Å². The summed E-state index contributed by atoms with van der Waals surface area (Å²) in [5, 5.41) is 3.36. The maximum atomic E-state index is 13.1. The van der Waals surface area contributed by atoms with Crippen molar-refractivity contribution in [3.05, 3.63) is 66.0 Å². The van der Waals surface area contributed by atoms with Gasteiger partial charge in [-0.2, -0.15) is 0 Å². The van der Waals surface area contributed by atoms with Gasteiger partial charge in [-0.15, -0.1) is 0 Å². The Morgan fingerprint density at radius 3 is 2.26 bits per heavy atom. The standard InChI is InChI=1S/C20H22FNO/c21-17-11-13-18(14-12-17)22-19(15-7-3-1-4-8-15)20(23)16-9-5-2-6-10-16/h2,5-6,9-15,19,22H,1,3-4,7-8H2. The molecule has 0 spiro atoms. The summed E-state index contributed by atoms with van der Waals surface area (Å²) < 4.78 is 13.1. The number of halogens is 1. The van der Waals surface area contributed by atoms with Gasteiger partial charge in [0.15, 0.2) is 5.78 Å². The van der Waals surface area contributed by atoms with E-state index in [1.807, 2.05) is 30.3 Å². The van der Waals surface area contributed by atoms with Gasteiger partial charge in [0.25, 0.3) is 0 Å². The molecule has 1 atom stereocenters. The Bertz CT molecular complexity index is 632. The van der Waals surface area contributed by atoms with E-state index in [9.17, 15) is 9.18 Å². The molecule has 0 saturated heterocycles. The third kappa shape index (κ3) is 3.98. The SMILES string of the molecule is O=C(c1ccccc1)C(Nc1ccc(F)cc1)C1CCCCC1. The lowest BCUT2D eigenvalue weighted by atomic mass is 9.81. The number of nitrogens with one attached hydrogen (secondary N) is 1. The summed E-state index contributed by atoms with van der Waals surface area (Å²) in [7, 11) is 0. The molecule has 1 saturated carbocycles. The number of benzene rings is 2. The lowest BCUT2D eigenvalue weighted by Gasteiger charge is -2.30. The average Bonchev–Trinajstić information content (AvgIpc) is 2.62. The lowest BCUT2D eigenvalue weighted by Crippen LogP contribution is -2.38. The number of carbonyl (C=O) groups excluding carboxylic acids is 1. The normalized spacial score (nSPS) is 16.7. The van der Waals surface area contributed by atoms with Crippen molar-refractivity contribution in [1.29, 1.82) is 0 Å². The molecule has 1 N–H and O–H groups in total. The van der Waals surface area contributed by atoms with Gasteiger partial charge < -0.3 is 5.32 Å². The summed E-state index contributed by atoms with van der Waals surface area (Å²) in [5.74, 6) is 0.197. The molecule has 0 bridgehead atoms. The van der Waals surface area contributed by atoms with E-state index >= 15 is 0 Å². The predicted octanol–water partition coefficient (Wildman–Crippen LogP) is 5.07. The van der Waals surface area contributed by atoms with Crippen molar-refractivity contribution in [2.24, 2.45) is 5.92 Å². The Morgan fingerprint density at radius 2 is 1.61 bits per heavy atom. The molecule has 23 heavy (non-hydrogen) atoms. The van der Waals surface area contributed by atoms with Gasteiger partial charge >= 0.3 is 0 Å². The van der Waals surface area contributed by atoms with Crippen LogP contribution in [0.3, 0.4) is 0 Å². The molecule has 0 aromatic heterocycles. The van der Waals surface area contributed by atoms with Crippen molar-refractivity contribution in [3.63, 3.8) is 0 Å². The fraction of sp³-hybridized carbons (Fsp3) is 0.350. The van der Waals surface area contributed by atoms with Crippen molar-refractivity contribution in [1.82, 2.24) is 0 Å². The quantitative estimate of drug-likeness (QED) is 0.781. The summed E-state index contributed by atoms with van der Waals surface area (Å²) in [4.78, 5) is 13.0. The van der Waals surface area contributed by atoms with Crippen LogP contribution in [-0.2, 0) is 0 Å². The summed E-state index contributed by atoms with van der Waals surface area (Å²) in [5.41, 5.74) is 1.53. The van der Waals surface area contributed by atoms with Crippen molar-refractivity contribution in [2.45, 2.75) is 38.1 Å². The maximum absolute atomic E-state index is 13.1. The van der Waals surface area contributed by atoms with Crippen LogP contribution in [0.4, 0.5) is 10.1 Å². The highest BCUT2D eigenvalue weighted by molar-refractivity contribution is 6.01. The molecule has 3 rings (SSSR count). The minimum Gasteiger partial charge on any atom is -0.375 e. The summed E-state index contributed by atoms with van der Waals surface area (Å²) in [6.07, 6.45) is 5.73. The zero-order valence-corrected chi connectivity index (χ0v) is 13.2. The van der Waals surface area contributed by atoms with E-state index in [0.29, 0.717) is 5.92 Å². The molecule has 1 unspecified atom stereocenters. The van der Waals surface area contributed by atoms with Gasteiger partial charge in [-0.1, -0.05) is 49.6 Å². The van der Waals surface area contributed by atoms with E-state index in [-0.39, 0.29) is 17.6 Å². The largest absolute Gasteiger partial charge is 0.375 e. The number of ketones is 1. The van der Waals surface area contributed by atoms with Crippen LogP contribution in [0.25, 0.3) is 0 Å². The van der Waals surface area contributed by atoms with E-state index < -0.39 is 0 Å². The van der Waals surface area contributed by atoms with Crippen LogP contribution in [0.15, 0.2) is 54.6 Å². The smallest absolute Gasteiger partial charge is 0.185 e. The second kappa shape index (κ2) is 7.40. The van der Waals surface area contributed by atoms with Crippen LogP contribution in [0, 0.1) is 11.7 Å². The number of hydrogen-bond acceptors (Lipinski definition) is 2. The molecule has 2 nitrogen and oxygen atoms in total. The number of Topliss-reactive ketones (excluding diaryl/α,β-unsaturated/α-hetero) is 1. The molecule has 2 aromatic carbocycles. The zero-order chi connectivity index (χ0) is 16.1. The molecule has 1 fully saturated rings. The molecular formula is C20H22FNO. The van der Waals surface area contributed by atoms with E-state index in [2.05, 4.69) is 5.32 Å². The maximum Gasteiger partial charge on any atom is 0.185 e. The first-order valence-corrected chi connectivity index (χ1v) is 8.35. The molecule has 0 heterocycles. The van der Waals surface area contributed by atoms with E-state index in [1.165, 1.54) is 31.4 Å². The third-order valence-electron chi connectivity index (χ3n) is 4.63. The molecule has 0 aliphatic heterocycles. The van der Waals surface area contributed by atoms with Gasteiger partial charge in [-0.25, -0.2) is 4.39 Å². The van der Waals surface area contributed by atoms with Crippen LogP contribution < -0.4 is 5.32 Å². The molecule has 0 radical (unpaired) electrons. The first kappa shape index (κ1) is 15.7. The molecule has 2 aromatic rings. The second-order valence-corrected chi connectivity index (χ2v) is 6.26. The van der Waals surface area contributed by atoms with Crippen LogP contribution in [0.5, 0.6) is 0 Å². The van der Waals surface area contributed by atoms with Gasteiger partial charge in [0.2, 0.25) is 0 Å². The Labute approximate surface area is 136 Å². The molecule has 0 amide bonds. The summed E-state index contributed by atoms with van der Waals surface area (Å²) in [6, 6.07) is 15.4. The fourth-order valence-corrected chi connectivity index (χ4v) is 3.37. The van der Waals surface area contributed by atoms with Crippen LogP contribution in [0.2, 0.25) is 0 Å². The molecule has 3 heteroatoms. The fourth-order valence-electron chi connectivity index (χ4n) is 3.37. The molecule has 120 valence electrons. The Morgan fingerprint density at radius 1 is 0.957 bits per heavy atom. The summed E-state index contributed by atoms with van der Waals surface area (Å²) in [6.45, 7) is 0. The van der Waals surface area contributed by atoms with Crippen molar-refractivity contribution in [2.75, 3.05) is 5.32 Å². The van der Waals surface area contributed by atoms with Gasteiger partial charge in [-0.05, 0) is 43.0 Å². The number of carbonyl (C=O) groups is 1. The van der Waals surface area contributed by atoms with Crippen molar-refractivity contribution in [3.8, 4) is 0 Å². The van der Waals surface area contributed by atoms with Crippen molar-refractivity contribution >= 4 is 11.5 Å². The number of rotatable bonds is 5. The van der Waals surface area contributed by atoms with Crippen molar-refractivity contribution < 1.29 is 9.18 Å². The predicted molar refractivity (Wildman–Crippen MR) is 91.2 cm³/mol. The van der Waals surface area contributed by atoms with E-state index in [1.54, 1.807) is 12.1 Å². The average molecular weight is 311 g/mol. The van der Waals surface area contributed by atoms with Crippen LogP contribution in [0.1, 0.15) is 42.5 Å². The highest BCUT2D eigenvalue weighted by Gasteiger charge is 2.30. The second-order valence-electron chi connectivity index (χ2n) is 6.26. The van der Waals surface area contributed by atoms with E-state index in [4.69, 9.17) is 0 Å². The van der Waals surface area contributed by atoms with E-state index in [0.717, 1.165) is 24.1 Å². The summed E-state index contributed by atoms with van der Waals surface area (Å²) >= 11 is 0. The third-order valence-corrected chi connectivity index (χ3v) is 4.63. The minimum atomic E-state index is -0.265. The number of hydrogen-bond donors (Lipinski definition) is 1. The molecule has 1 aliphatic carbocycles. The first-order chi connectivity index (χ1) is 11.2. The zero-order valence-electron chi connectivity index (χ0n) is 13.2. The molecular weight excluding hydrogens is 289 g/mol. The monoisotopic (exact) mass is 311 g/mol.